The smallest absolute Gasteiger partial charge is 0.278 e. The highest BCUT2D eigenvalue weighted by molar-refractivity contribution is 6.05. The molecule has 0 unspecified atom stereocenters. The Morgan fingerprint density at radius 1 is 1.04 bits per heavy atom. The van der Waals surface area contributed by atoms with Crippen molar-refractivity contribution in [1.82, 2.24) is 9.97 Å². The number of hydrogen-bond acceptors (Lipinski definition) is 5. The molecule has 0 aliphatic carbocycles. The van der Waals surface area contributed by atoms with Crippen LogP contribution in [0.3, 0.4) is 0 Å². The van der Waals surface area contributed by atoms with Gasteiger partial charge in [-0.05, 0) is 17.7 Å². The van der Waals surface area contributed by atoms with Crippen LogP contribution in [0, 0.1) is 0 Å². The largest absolute Gasteiger partial charge is 0.382 e. The van der Waals surface area contributed by atoms with Gasteiger partial charge in [0.1, 0.15) is 0 Å². The second kappa shape index (κ2) is 6.89. The highest BCUT2D eigenvalue weighted by Crippen LogP contribution is 2.20. The standard InChI is InChI=1S/C18H17N5O/c19-10-12-6-8-13(9-7-12)15-11-21-17(20)16(23-15)18(24)22-14-4-2-1-3-5-14/h1-9,11H,10,19H2,(H2,20,21)(H,22,24). The fourth-order valence-corrected chi connectivity index (χ4v) is 2.23. The van der Waals surface area contributed by atoms with Gasteiger partial charge >= 0.3 is 0 Å². The van der Waals surface area contributed by atoms with Crippen LogP contribution in [0.5, 0.6) is 0 Å². The lowest BCUT2D eigenvalue weighted by Gasteiger charge is -2.08. The molecular formula is C18H17N5O. The molecule has 0 bridgehead atoms. The van der Waals surface area contributed by atoms with Gasteiger partial charge in [-0.15, -0.1) is 0 Å². The molecule has 0 spiro atoms. The van der Waals surface area contributed by atoms with Crippen LogP contribution in [-0.2, 0) is 6.54 Å². The highest BCUT2D eigenvalue weighted by Gasteiger charge is 2.15. The zero-order valence-corrected chi connectivity index (χ0v) is 12.9. The van der Waals surface area contributed by atoms with Crippen LogP contribution in [0.25, 0.3) is 11.3 Å². The van der Waals surface area contributed by atoms with Gasteiger partial charge in [0.2, 0.25) is 0 Å². The fourth-order valence-electron chi connectivity index (χ4n) is 2.23. The molecule has 0 atom stereocenters. The molecule has 120 valence electrons. The van der Waals surface area contributed by atoms with Crippen LogP contribution in [0.2, 0.25) is 0 Å². The molecule has 0 fully saturated rings. The molecule has 6 heteroatoms. The minimum absolute atomic E-state index is 0.0887. The summed E-state index contributed by atoms with van der Waals surface area (Å²) >= 11 is 0. The Kier molecular flexibility index (Phi) is 4.49. The lowest BCUT2D eigenvalue weighted by molar-refractivity contribution is 0.102. The molecule has 2 aromatic carbocycles. The van der Waals surface area contributed by atoms with Crippen LogP contribution < -0.4 is 16.8 Å². The average molecular weight is 319 g/mol. The number of nitrogens with one attached hydrogen (secondary N) is 1. The summed E-state index contributed by atoms with van der Waals surface area (Å²) in [5.74, 6) is -0.308. The fraction of sp³-hybridized carbons (Fsp3) is 0.0556. The van der Waals surface area contributed by atoms with Crippen molar-refractivity contribution in [2.24, 2.45) is 5.73 Å². The van der Waals surface area contributed by atoms with Crippen LogP contribution in [-0.4, -0.2) is 15.9 Å². The molecule has 0 radical (unpaired) electrons. The second-order valence-electron chi connectivity index (χ2n) is 5.21. The molecule has 3 rings (SSSR count). The van der Waals surface area contributed by atoms with E-state index < -0.39 is 5.91 Å². The zero-order chi connectivity index (χ0) is 16.9. The summed E-state index contributed by atoms with van der Waals surface area (Å²) in [7, 11) is 0. The monoisotopic (exact) mass is 319 g/mol. The van der Waals surface area contributed by atoms with Crippen LogP contribution >= 0.6 is 0 Å². The lowest BCUT2D eigenvalue weighted by Crippen LogP contribution is -2.17. The maximum Gasteiger partial charge on any atom is 0.278 e. The van der Waals surface area contributed by atoms with Gasteiger partial charge in [0.25, 0.3) is 5.91 Å². The number of hydrogen-bond donors (Lipinski definition) is 3. The Morgan fingerprint density at radius 2 is 1.75 bits per heavy atom. The Labute approximate surface area is 139 Å². The van der Waals surface area contributed by atoms with Crippen molar-refractivity contribution in [1.29, 1.82) is 0 Å². The van der Waals surface area contributed by atoms with Crippen molar-refractivity contribution in [3.63, 3.8) is 0 Å². The van der Waals surface area contributed by atoms with E-state index >= 15 is 0 Å². The molecule has 1 amide bonds. The van der Waals surface area contributed by atoms with Gasteiger partial charge in [0, 0.05) is 17.8 Å². The third kappa shape index (κ3) is 3.39. The van der Waals surface area contributed by atoms with E-state index in [1.165, 1.54) is 0 Å². The van der Waals surface area contributed by atoms with Gasteiger partial charge in [-0.3, -0.25) is 4.79 Å². The maximum absolute atomic E-state index is 12.4. The summed E-state index contributed by atoms with van der Waals surface area (Å²) in [5, 5.41) is 2.76. The van der Waals surface area contributed by atoms with Crippen molar-refractivity contribution in [2.45, 2.75) is 6.54 Å². The summed E-state index contributed by atoms with van der Waals surface area (Å²) in [6.45, 7) is 0.471. The molecule has 3 aromatic rings. The Bertz CT molecular complexity index is 847. The van der Waals surface area contributed by atoms with Crippen molar-refractivity contribution < 1.29 is 4.79 Å². The first-order chi connectivity index (χ1) is 11.7. The van der Waals surface area contributed by atoms with Crippen molar-refractivity contribution in [2.75, 3.05) is 11.1 Å². The number of amides is 1. The molecule has 6 nitrogen and oxygen atoms in total. The van der Waals surface area contributed by atoms with Crippen molar-refractivity contribution in [3.8, 4) is 11.3 Å². The van der Waals surface area contributed by atoms with E-state index in [1.54, 1.807) is 18.3 Å². The second-order valence-corrected chi connectivity index (χ2v) is 5.21. The summed E-state index contributed by atoms with van der Waals surface area (Å²) in [6.07, 6.45) is 1.55. The van der Waals surface area contributed by atoms with Crippen LogP contribution in [0.1, 0.15) is 16.1 Å². The molecule has 0 aliphatic rings. The first-order valence-electron chi connectivity index (χ1n) is 7.45. The first kappa shape index (κ1) is 15.6. The first-order valence-corrected chi connectivity index (χ1v) is 7.45. The van der Waals surface area contributed by atoms with Gasteiger partial charge in [-0.25, -0.2) is 9.97 Å². The molecule has 0 aliphatic heterocycles. The summed E-state index contributed by atoms with van der Waals surface area (Å²) in [5.41, 5.74) is 14.6. The van der Waals surface area contributed by atoms with E-state index in [0.29, 0.717) is 17.9 Å². The number of aromatic nitrogens is 2. The number of anilines is 2. The number of carbonyl (C=O) groups is 1. The quantitative estimate of drug-likeness (QED) is 0.684. The van der Waals surface area contributed by atoms with E-state index in [4.69, 9.17) is 11.5 Å². The third-order valence-corrected chi connectivity index (χ3v) is 3.53. The van der Waals surface area contributed by atoms with E-state index in [-0.39, 0.29) is 11.5 Å². The number of carbonyl (C=O) groups excluding carboxylic acids is 1. The number of benzene rings is 2. The van der Waals surface area contributed by atoms with E-state index in [2.05, 4.69) is 15.3 Å². The minimum Gasteiger partial charge on any atom is -0.382 e. The molecule has 1 aromatic heterocycles. The predicted octanol–water partition coefficient (Wildman–Crippen LogP) is 2.44. The number of nitrogens with zero attached hydrogens (tertiary/aromatic N) is 2. The van der Waals surface area contributed by atoms with Gasteiger partial charge in [-0.2, -0.15) is 0 Å². The normalized spacial score (nSPS) is 10.4. The Morgan fingerprint density at radius 3 is 2.42 bits per heavy atom. The summed E-state index contributed by atoms with van der Waals surface area (Å²) < 4.78 is 0. The van der Waals surface area contributed by atoms with Gasteiger partial charge in [-0.1, -0.05) is 42.5 Å². The number of nitrogens with two attached hydrogens (primary N) is 2. The van der Waals surface area contributed by atoms with E-state index in [0.717, 1.165) is 11.1 Å². The molecule has 0 saturated heterocycles. The summed E-state index contributed by atoms with van der Waals surface area (Å²) in [4.78, 5) is 20.9. The SMILES string of the molecule is NCc1ccc(-c2cnc(N)c(C(=O)Nc3ccccc3)n2)cc1. The zero-order valence-electron chi connectivity index (χ0n) is 12.9. The molecular weight excluding hydrogens is 302 g/mol. The van der Waals surface area contributed by atoms with Crippen molar-refractivity contribution in [3.05, 3.63) is 72.1 Å². The van der Waals surface area contributed by atoms with E-state index in [9.17, 15) is 4.79 Å². The van der Waals surface area contributed by atoms with Gasteiger partial charge < -0.3 is 16.8 Å². The van der Waals surface area contributed by atoms with Crippen LogP contribution in [0.4, 0.5) is 11.5 Å². The van der Waals surface area contributed by atoms with Crippen LogP contribution in [0.15, 0.2) is 60.8 Å². The molecule has 1 heterocycles. The molecule has 24 heavy (non-hydrogen) atoms. The van der Waals surface area contributed by atoms with Gasteiger partial charge in [0.05, 0.1) is 11.9 Å². The minimum atomic E-state index is -0.397. The van der Waals surface area contributed by atoms with E-state index in [1.807, 2.05) is 42.5 Å². The Hall–Kier alpha value is -3.25. The average Bonchev–Trinajstić information content (AvgIpc) is 2.63. The summed E-state index contributed by atoms with van der Waals surface area (Å²) in [6, 6.07) is 16.7. The lowest BCUT2D eigenvalue weighted by atomic mass is 10.1. The predicted molar refractivity (Wildman–Crippen MR) is 94.2 cm³/mol. The number of nitrogen functional groups attached to an aromatic ring is 1. The molecule has 5 N–H and O–H groups in total. The maximum atomic E-state index is 12.4. The highest BCUT2D eigenvalue weighted by atomic mass is 16.1. The third-order valence-electron chi connectivity index (χ3n) is 3.53. The molecule has 0 saturated carbocycles. The topological polar surface area (TPSA) is 107 Å². The van der Waals surface area contributed by atoms with Crippen molar-refractivity contribution >= 4 is 17.4 Å². The number of rotatable bonds is 4. The van der Waals surface area contributed by atoms with Gasteiger partial charge in [0.15, 0.2) is 11.5 Å². The Balaban J connectivity index is 1.89. The number of para-hydroxylation sites is 1.